The molecule has 3 rings (SSSR count). The first-order valence-electron chi connectivity index (χ1n) is 6.90. The van der Waals surface area contributed by atoms with Gasteiger partial charge in [-0.3, -0.25) is 4.79 Å². The SMILES string of the molecule is O=C(C=Cc1cnn(-c2ccccc2)c1)NCc1cccs1. The fourth-order valence-electron chi connectivity index (χ4n) is 1.96. The Kier molecular flexibility index (Phi) is 4.46. The van der Waals surface area contributed by atoms with E-state index in [0.29, 0.717) is 6.54 Å². The quantitative estimate of drug-likeness (QED) is 0.735. The van der Waals surface area contributed by atoms with Crippen LogP contribution in [0, 0.1) is 0 Å². The lowest BCUT2D eigenvalue weighted by atomic mass is 10.3. The Morgan fingerprint density at radius 1 is 1.23 bits per heavy atom. The van der Waals surface area contributed by atoms with Crippen molar-refractivity contribution >= 4 is 23.3 Å². The molecule has 2 heterocycles. The molecule has 5 heteroatoms. The largest absolute Gasteiger partial charge is 0.348 e. The number of aromatic nitrogens is 2. The van der Waals surface area contributed by atoms with Crippen LogP contribution in [0.4, 0.5) is 0 Å². The number of nitrogens with zero attached hydrogens (tertiary/aromatic N) is 2. The molecule has 4 nitrogen and oxygen atoms in total. The van der Waals surface area contributed by atoms with E-state index in [1.807, 2.05) is 54.0 Å². The molecule has 0 aliphatic carbocycles. The van der Waals surface area contributed by atoms with Crippen LogP contribution in [0.2, 0.25) is 0 Å². The summed E-state index contributed by atoms with van der Waals surface area (Å²) in [5.41, 5.74) is 1.87. The average Bonchev–Trinajstić information content (AvgIpc) is 3.23. The standard InChI is InChI=1S/C17H15N3OS/c21-17(18-12-16-7-4-10-22-16)9-8-14-11-19-20(13-14)15-5-2-1-3-6-15/h1-11,13H,12H2,(H,18,21). The summed E-state index contributed by atoms with van der Waals surface area (Å²) in [6.07, 6.45) is 6.91. The van der Waals surface area contributed by atoms with Crippen LogP contribution in [0.1, 0.15) is 10.4 Å². The lowest BCUT2D eigenvalue weighted by Gasteiger charge is -1.99. The highest BCUT2D eigenvalue weighted by atomic mass is 32.1. The Labute approximate surface area is 132 Å². The minimum absolute atomic E-state index is 0.110. The van der Waals surface area contributed by atoms with E-state index < -0.39 is 0 Å². The number of nitrogens with one attached hydrogen (secondary N) is 1. The van der Waals surface area contributed by atoms with E-state index in [1.165, 1.54) is 6.08 Å². The molecule has 0 aliphatic heterocycles. The third-order valence-corrected chi connectivity index (χ3v) is 3.94. The zero-order chi connectivity index (χ0) is 15.2. The zero-order valence-corrected chi connectivity index (χ0v) is 12.7. The second kappa shape index (κ2) is 6.87. The first-order valence-corrected chi connectivity index (χ1v) is 7.77. The maximum atomic E-state index is 11.8. The number of benzene rings is 1. The van der Waals surface area contributed by atoms with E-state index in [0.717, 1.165) is 16.1 Å². The van der Waals surface area contributed by atoms with Gasteiger partial charge in [-0.25, -0.2) is 4.68 Å². The van der Waals surface area contributed by atoms with E-state index >= 15 is 0 Å². The van der Waals surface area contributed by atoms with E-state index in [9.17, 15) is 4.79 Å². The predicted molar refractivity (Wildman–Crippen MR) is 88.8 cm³/mol. The van der Waals surface area contributed by atoms with Gasteiger partial charge in [0.2, 0.25) is 5.91 Å². The first kappa shape index (κ1) is 14.3. The molecule has 0 saturated carbocycles. The van der Waals surface area contributed by atoms with Crippen LogP contribution in [0.25, 0.3) is 11.8 Å². The smallest absolute Gasteiger partial charge is 0.244 e. The zero-order valence-electron chi connectivity index (χ0n) is 11.8. The maximum absolute atomic E-state index is 11.8. The van der Waals surface area contributed by atoms with Gasteiger partial charge in [0.1, 0.15) is 0 Å². The van der Waals surface area contributed by atoms with Gasteiger partial charge in [-0.15, -0.1) is 11.3 Å². The summed E-state index contributed by atoms with van der Waals surface area (Å²) >= 11 is 1.63. The number of para-hydroxylation sites is 1. The van der Waals surface area contributed by atoms with Crippen molar-refractivity contribution in [1.82, 2.24) is 15.1 Å². The number of carbonyl (C=O) groups excluding carboxylic acids is 1. The summed E-state index contributed by atoms with van der Waals surface area (Å²) in [4.78, 5) is 12.9. The van der Waals surface area contributed by atoms with Gasteiger partial charge in [-0.05, 0) is 29.7 Å². The highest BCUT2D eigenvalue weighted by Gasteiger charge is 2.00. The molecule has 1 aromatic carbocycles. The van der Waals surface area contributed by atoms with Gasteiger partial charge in [0.15, 0.2) is 0 Å². The average molecular weight is 309 g/mol. The molecule has 0 saturated heterocycles. The molecule has 3 aromatic rings. The summed E-state index contributed by atoms with van der Waals surface area (Å²) in [6, 6.07) is 13.8. The maximum Gasteiger partial charge on any atom is 0.244 e. The van der Waals surface area contributed by atoms with E-state index in [4.69, 9.17) is 0 Å². The van der Waals surface area contributed by atoms with Crippen molar-refractivity contribution in [2.24, 2.45) is 0 Å². The number of hydrogen-bond acceptors (Lipinski definition) is 3. The minimum atomic E-state index is -0.110. The third kappa shape index (κ3) is 3.71. The van der Waals surface area contributed by atoms with Gasteiger partial charge in [0.25, 0.3) is 0 Å². The summed E-state index contributed by atoms with van der Waals surface area (Å²) in [7, 11) is 0. The van der Waals surface area contributed by atoms with Gasteiger partial charge < -0.3 is 5.32 Å². The second-order valence-corrected chi connectivity index (χ2v) is 5.72. The van der Waals surface area contributed by atoms with Crippen LogP contribution in [0.3, 0.4) is 0 Å². The molecule has 0 aliphatic rings. The minimum Gasteiger partial charge on any atom is -0.348 e. The predicted octanol–water partition coefficient (Wildman–Crippen LogP) is 3.26. The Morgan fingerprint density at radius 2 is 2.09 bits per heavy atom. The van der Waals surface area contributed by atoms with Gasteiger partial charge in [-0.2, -0.15) is 5.10 Å². The molecule has 1 amide bonds. The van der Waals surface area contributed by atoms with Crippen molar-refractivity contribution in [2.75, 3.05) is 0 Å². The summed E-state index contributed by atoms with van der Waals surface area (Å²) in [5.74, 6) is -0.110. The molecule has 1 N–H and O–H groups in total. The highest BCUT2D eigenvalue weighted by Crippen LogP contribution is 2.09. The molecule has 110 valence electrons. The van der Waals surface area contributed by atoms with Crippen LogP contribution in [-0.4, -0.2) is 15.7 Å². The number of amides is 1. The topological polar surface area (TPSA) is 46.9 Å². The van der Waals surface area contributed by atoms with Crippen molar-refractivity contribution < 1.29 is 4.79 Å². The Morgan fingerprint density at radius 3 is 2.86 bits per heavy atom. The van der Waals surface area contributed by atoms with Gasteiger partial charge >= 0.3 is 0 Å². The van der Waals surface area contributed by atoms with Gasteiger partial charge in [0.05, 0.1) is 18.4 Å². The molecule has 0 bridgehead atoms. The van der Waals surface area contributed by atoms with Crippen molar-refractivity contribution in [1.29, 1.82) is 0 Å². The second-order valence-electron chi connectivity index (χ2n) is 4.68. The fourth-order valence-corrected chi connectivity index (χ4v) is 2.61. The molecule has 2 aromatic heterocycles. The Balaban J connectivity index is 1.58. The third-order valence-electron chi connectivity index (χ3n) is 3.07. The normalized spacial score (nSPS) is 10.9. The molecule has 22 heavy (non-hydrogen) atoms. The van der Waals surface area contributed by atoms with Gasteiger partial charge in [0, 0.05) is 22.7 Å². The lowest BCUT2D eigenvalue weighted by molar-refractivity contribution is -0.116. The van der Waals surface area contributed by atoms with Crippen LogP contribution >= 0.6 is 11.3 Å². The summed E-state index contributed by atoms with van der Waals surface area (Å²) < 4.78 is 1.78. The van der Waals surface area contributed by atoms with Crippen molar-refractivity contribution in [3.05, 3.63) is 76.8 Å². The molecular formula is C17H15N3OS. The van der Waals surface area contributed by atoms with Crippen LogP contribution < -0.4 is 5.32 Å². The van der Waals surface area contributed by atoms with Crippen molar-refractivity contribution in [3.63, 3.8) is 0 Å². The van der Waals surface area contributed by atoms with Crippen LogP contribution in [-0.2, 0) is 11.3 Å². The van der Waals surface area contributed by atoms with E-state index in [1.54, 1.807) is 28.3 Å². The fraction of sp³-hybridized carbons (Fsp3) is 0.0588. The van der Waals surface area contributed by atoms with Crippen molar-refractivity contribution in [3.8, 4) is 5.69 Å². The molecular weight excluding hydrogens is 294 g/mol. The molecule has 0 unspecified atom stereocenters. The van der Waals surface area contributed by atoms with Crippen LogP contribution in [0.5, 0.6) is 0 Å². The van der Waals surface area contributed by atoms with Crippen LogP contribution in [0.15, 0.2) is 66.3 Å². The summed E-state index contributed by atoms with van der Waals surface area (Å²) in [6.45, 7) is 0.560. The Hall–Kier alpha value is -2.66. The first-order chi connectivity index (χ1) is 10.8. The van der Waals surface area contributed by atoms with Crippen molar-refractivity contribution in [2.45, 2.75) is 6.54 Å². The number of carbonyl (C=O) groups is 1. The molecule has 0 fully saturated rings. The Bertz CT molecular complexity index is 760. The number of hydrogen-bond donors (Lipinski definition) is 1. The highest BCUT2D eigenvalue weighted by molar-refractivity contribution is 7.09. The number of thiophene rings is 1. The molecule has 0 spiro atoms. The lowest BCUT2D eigenvalue weighted by Crippen LogP contribution is -2.19. The molecule has 0 radical (unpaired) electrons. The summed E-state index contributed by atoms with van der Waals surface area (Å²) in [5, 5.41) is 9.13. The van der Waals surface area contributed by atoms with E-state index in [2.05, 4.69) is 10.4 Å². The monoisotopic (exact) mass is 309 g/mol. The molecule has 0 atom stereocenters. The number of rotatable bonds is 5. The van der Waals surface area contributed by atoms with Gasteiger partial charge in [-0.1, -0.05) is 24.3 Å². The van der Waals surface area contributed by atoms with E-state index in [-0.39, 0.29) is 5.91 Å².